The summed E-state index contributed by atoms with van der Waals surface area (Å²) in [6, 6.07) is 3.92. The van der Waals surface area contributed by atoms with Gasteiger partial charge in [0.05, 0.1) is 5.57 Å². The van der Waals surface area contributed by atoms with Gasteiger partial charge in [-0.1, -0.05) is 12.1 Å². The first kappa shape index (κ1) is 11.6. The second kappa shape index (κ2) is 5.41. The Balaban J connectivity index is 2.78. The standard InChI is InChI=1S/C12H12O2S/c1-9(13)12(10(2)14)7-3-5-11-6-4-8-15-11/h3-8H,1-2H3. The van der Waals surface area contributed by atoms with Gasteiger partial charge in [0.1, 0.15) is 0 Å². The Bertz CT molecular complexity index is 395. The minimum atomic E-state index is -0.196. The van der Waals surface area contributed by atoms with E-state index in [-0.39, 0.29) is 17.1 Å². The molecule has 0 aliphatic rings. The van der Waals surface area contributed by atoms with Crippen LogP contribution in [-0.2, 0) is 9.59 Å². The summed E-state index contributed by atoms with van der Waals surface area (Å²) in [7, 11) is 0. The summed E-state index contributed by atoms with van der Waals surface area (Å²) in [6.45, 7) is 2.79. The Morgan fingerprint density at radius 2 is 1.93 bits per heavy atom. The minimum absolute atomic E-state index is 0.196. The Hall–Kier alpha value is -1.48. The Kier molecular flexibility index (Phi) is 4.18. The van der Waals surface area contributed by atoms with Gasteiger partial charge in [0, 0.05) is 4.88 Å². The zero-order chi connectivity index (χ0) is 11.3. The van der Waals surface area contributed by atoms with E-state index in [0.717, 1.165) is 4.88 Å². The van der Waals surface area contributed by atoms with Gasteiger partial charge < -0.3 is 0 Å². The van der Waals surface area contributed by atoms with Crippen molar-refractivity contribution in [3.63, 3.8) is 0 Å². The number of carbonyl (C=O) groups is 2. The van der Waals surface area contributed by atoms with Crippen molar-refractivity contribution in [2.45, 2.75) is 13.8 Å². The number of hydrogen-bond donors (Lipinski definition) is 0. The molecule has 1 heterocycles. The van der Waals surface area contributed by atoms with Crippen LogP contribution in [0.3, 0.4) is 0 Å². The van der Waals surface area contributed by atoms with Crippen LogP contribution in [0.5, 0.6) is 0 Å². The molecule has 1 aromatic rings. The van der Waals surface area contributed by atoms with Gasteiger partial charge in [0.15, 0.2) is 11.6 Å². The fourth-order valence-corrected chi connectivity index (χ4v) is 1.74. The number of rotatable bonds is 4. The maximum absolute atomic E-state index is 11.1. The van der Waals surface area contributed by atoms with Gasteiger partial charge in [-0.05, 0) is 37.4 Å². The molecule has 3 heteroatoms. The lowest BCUT2D eigenvalue weighted by molar-refractivity contribution is -0.119. The molecule has 0 saturated carbocycles. The van der Waals surface area contributed by atoms with E-state index < -0.39 is 0 Å². The number of hydrogen-bond acceptors (Lipinski definition) is 3. The average Bonchev–Trinajstić information content (AvgIpc) is 2.63. The molecule has 0 aliphatic carbocycles. The van der Waals surface area contributed by atoms with E-state index in [0.29, 0.717) is 0 Å². The minimum Gasteiger partial charge on any atom is -0.294 e. The summed E-state index contributed by atoms with van der Waals surface area (Å²) in [6.07, 6.45) is 5.16. The highest BCUT2D eigenvalue weighted by Gasteiger charge is 2.06. The first-order valence-electron chi connectivity index (χ1n) is 4.55. The van der Waals surface area contributed by atoms with Crippen LogP contribution < -0.4 is 0 Å². The normalized spacial score (nSPS) is 10.3. The summed E-state index contributed by atoms with van der Waals surface area (Å²) in [5.41, 5.74) is 0.239. The van der Waals surface area contributed by atoms with E-state index in [9.17, 15) is 9.59 Å². The molecule has 0 aliphatic heterocycles. The van der Waals surface area contributed by atoms with Crippen LogP contribution in [0, 0.1) is 0 Å². The molecule has 0 fully saturated rings. The van der Waals surface area contributed by atoms with Crippen LogP contribution in [0.25, 0.3) is 6.08 Å². The molecule has 1 rings (SSSR count). The third kappa shape index (κ3) is 3.64. The third-order valence-corrected chi connectivity index (χ3v) is 2.66. The van der Waals surface area contributed by atoms with Crippen LogP contribution in [0.2, 0.25) is 0 Å². The van der Waals surface area contributed by atoms with Gasteiger partial charge in [-0.25, -0.2) is 0 Å². The van der Waals surface area contributed by atoms with Gasteiger partial charge in [0.25, 0.3) is 0 Å². The maximum Gasteiger partial charge on any atom is 0.163 e. The molecule has 0 spiro atoms. The highest BCUT2D eigenvalue weighted by Crippen LogP contribution is 2.10. The van der Waals surface area contributed by atoms with Crippen molar-refractivity contribution in [3.05, 3.63) is 40.1 Å². The van der Waals surface area contributed by atoms with E-state index in [1.54, 1.807) is 23.5 Å². The lowest BCUT2D eigenvalue weighted by Crippen LogP contribution is -2.05. The van der Waals surface area contributed by atoms with E-state index in [2.05, 4.69) is 0 Å². The topological polar surface area (TPSA) is 34.1 Å². The van der Waals surface area contributed by atoms with Gasteiger partial charge in [-0.2, -0.15) is 0 Å². The van der Waals surface area contributed by atoms with E-state index in [1.807, 2.05) is 23.6 Å². The third-order valence-electron chi connectivity index (χ3n) is 1.83. The van der Waals surface area contributed by atoms with Crippen molar-refractivity contribution < 1.29 is 9.59 Å². The van der Waals surface area contributed by atoms with Gasteiger partial charge in [-0.3, -0.25) is 9.59 Å². The molecule has 15 heavy (non-hydrogen) atoms. The number of allylic oxidation sites excluding steroid dienone is 3. The fourth-order valence-electron chi connectivity index (χ4n) is 1.11. The second-order valence-corrected chi connectivity index (χ2v) is 4.05. The van der Waals surface area contributed by atoms with Crippen LogP contribution in [0.4, 0.5) is 0 Å². The first-order valence-corrected chi connectivity index (χ1v) is 5.43. The number of thiophene rings is 1. The van der Waals surface area contributed by atoms with Crippen molar-refractivity contribution >= 4 is 29.0 Å². The van der Waals surface area contributed by atoms with Crippen molar-refractivity contribution in [2.24, 2.45) is 0 Å². The molecular weight excluding hydrogens is 208 g/mol. The van der Waals surface area contributed by atoms with Crippen molar-refractivity contribution in [1.82, 2.24) is 0 Å². The highest BCUT2D eigenvalue weighted by molar-refractivity contribution is 7.10. The summed E-state index contributed by atoms with van der Waals surface area (Å²) in [5.74, 6) is -0.392. The monoisotopic (exact) mass is 220 g/mol. The molecule has 78 valence electrons. The zero-order valence-corrected chi connectivity index (χ0v) is 9.51. The predicted molar refractivity (Wildman–Crippen MR) is 62.8 cm³/mol. The van der Waals surface area contributed by atoms with Crippen LogP contribution >= 0.6 is 11.3 Å². The number of carbonyl (C=O) groups excluding carboxylic acids is 2. The molecule has 0 bridgehead atoms. The molecule has 0 N–H and O–H groups in total. The molecule has 0 radical (unpaired) electrons. The molecule has 0 aromatic carbocycles. The lowest BCUT2D eigenvalue weighted by Gasteiger charge is -1.93. The lowest BCUT2D eigenvalue weighted by atomic mass is 10.1. The molecule has 2 nitrogen and oxygen atoms in total. The van der Waals surface area contributed by atoms with Crippen LogP contribution in [-0.4, -0.2) is 11.6 Å². The Labute approximate surface area is 92.9 Å². The highest BCUT2D eigenvalue weighted by atomic mass is 32.1. The molecular formula is C12H12O2S. The molecule has 1 aromatic heterocycles. The van der Waals surface area contributed by atoms with E-state index in [4.69, 9.17) is 0 Å². The van der Waals surface area contributed by atoms with E-state index in [1.165, 1.54) is 13.8 Å². The molecule has 0 unspecified atom stereocenters. The SMILES string of the molecule is CC(=O)C(=CC=Cc1cccs1)C(C)=O. The molecule has 0 atom stereocenters. The quantitative estimate of drug-likeness (QED) is 0.338. The predicted octanol–water partition coefficient (Wildman–Crippen LogP) is 2.87. The van der Waals surface area contributed by atoms with Crippen molar-refractivity contribution in [3.8, 4) is 0 Å². The van der Waals surface area contributed by atoms with Crippen LogP contribution in [0.15, 0.2) is 35.2 Å². The first-order chi connectivity index (χ1) is 7.11. The van der Waals surface area contributed by atoms with Crippen molar-refractivity contribution in [2.75, 3.05) is 0 Å². The smallest absolute Gasteiger partial charge is 0.163 e. The van der Waals surface area contributed by atoms with Gasteiger partial charge >= 0.3 is 0 Å². The summed E-state index contributed by atoms with van der Waals surface area (Å²) < 4.78 is 0. The zero-order valence-electron chi connectivity index (χ0n) is 8.69. The number of Topliss-reactive ketones (excluding diaryl/α,β-unsaturated/α-hetero) is 2. The Morgan fingerprint density at radius 1 is 1.27 bits per heavy atom. The largest absolute Gasteiger partial charge is 0.294 e. The van der Waals surface area contributed by atoms with Crippen molar-refractivity contribution in [1.29, 1.82) is 0 Å². The molecule has 0 amide bonds. The maximum atomic E-state index is 11.1. The van der Waals surface area contributed by atoms with Gasteiger partial charge in [-0.15, -0.1) is 11.3 Å². The fraction of sp³-hybridized carbons (Fsp3) is 0.167. The Morgan fingerprint density at radius 3 is 2.40 bits per heavy atom. The van der Waals surface area contributed by atoms with E-state index >= 15 is 0 Å². The van der Waals surface area contributed by atoms with Gasteiger partial charge in [0.2, 0.25) is 0 Å². The second-order valence-electron chi connectivity index (χ2n) is 3.07. The summed E-state index contributed by atoms with van der Waals surface area (Å²) >= 11 is 1.61. The number of ketones is 2. The van der Waals surface area contributed by atoms with Crippen LogP contribution in [0.1, 0.15) is 18.7 Å². The summed E-state index contributed by atoms with van der Waals surface area (Å²) in [4.78, 5) is 23.2. The molecule has 0 saturated heterocycles. The average molecular weight is 220 g/mol. The summed E-state index contributed by atoms with van der Waals surface area (Å²) in [5, 5.41) is 1.97.